The van der Waals surface area contributed by atoms with E-state index < -0.39 is 0 Å². The van der Waals surface area contributed by atoms with Crippen molar-refractivity contribution in [2.24, 2.45) is 0 Å². The van der Waals surface area contributed by atoms with Crippen molar-refractivity contribution in [3.05, 3.63) is 48.3 Å². The van der Waals surface area contributed by atoms with Crippen molar-refractivity contribution in [1.82, 2.24) is 14.7 Å². The second-order valence-corrected chi connectivity index (χ2v) is 5.25. The van der Waals surface area contributed by atoms with Gasteiger partial charge in [-0.3, -0.25) is 4.79 Å². The first-order chi connectivity index (χ1) is 10.1. The number of rotatable bonds is 6. The lowest BCUT2D eigenvalue weighted by Gasteiger charge is -2.18. The minimum atomic E-state index is -0.381. The SMILES string of the molecule is CC(O)CCN(C)C(=O)Cc1ccc(-n2cccn2)cc1. The van der Waals surface area contributed by atoms with E-state index in [2.05, 4.69) is 5.10 Å². The number of aromatic nitrogens is 2. The molecular weight excluding hydrogens is 266 g/mol. The van der Waals surface area contributed by atoms with E-state index in [9.17, 15) is 9.90 Å². The molecule has 1 amide bonds. The van der Waals surface area contributed by atoms with Crippen LogP contribution in [0.5, 0.6) is 0 Å². The summed E-state index contributed by atoms with van der Waals surface area (Å²) in [6.45, 7) is 2.30. The molecule has 2 rings (SSSR count). The van der Waals surface area contributed by atoms with Gasteiger partial charge in [-0.25, -0.2) is 4.68 Å². The fourth-order valence-electron chi connectivity index (χ4n) is 2.00. The zero-order chi connectivity index (χ0) is 15.2. The van der Waals surface area contributed by atoms with Crippen LogP contribution in [-0.4, -0.2) is 45.4 Å². The Morgan fingerprint density at radius 2 is 2.10 bits per heavy atom. The number of carbonyl (C=O) groups is 1. The summed E-state index contributed by atoms with van der Waals surface area (Å²) in [4.78, 5) is 13.7. The highest BCUT2D eigenvalue weighted by Crippen LogP contribution is 2.10. The first-order valence-electron chi connectivity index (χ1n) is 7.07. The van der Waals surface area contributed by atoms with Crippen LogP contribution < -0.4 is 0 Å². The van der Waals surface area contributed by atoms with Crippen molar-refractivity contribution in [3.63, 3.8) is 0 Å². The molecule has 0 saturated heterocycles. The van der Waals surface area contributed by atoms with Crippen molar-refractivity contribution in [2.75, 3.05) is 13.6 Å². The lowest BCUT2D eigenvalue weighted by molar-refractivity contribution is -0.129. The number of hydrogen-bond donors (Lipinski definition) is 1. The average molecular weight is 287 g/mol. The average Bonchev–Trinajstić information content (AvgIpc) is 2.99. The van der Waals surface area contributed by atoms with Crippen LogP contribution in [-0.2, 0) is 11.2 Å². The maximum absolute atomic E-state index is 12.1. The Bertz CT molecular complexity index is 562. The van der Waals surface area contributed by atoms with E-state index in [4.69, 9.17) is 0 Å². The molecule has 1 N–H and O–H groups in total. The van der Waals surface area contributed by atoms with Gasteiger partial charge in [-0.2, -0.15) is 5.10 Å². The van der Waals surface area contributed by atoms with Crippen LogP contribution in [0.1, 0.15) is 18.9 Å². The molecule has 0 saturated carbocycles. The van der Waals surface area contributed by atoms with E-state index in [1.807, 2.05) is 36.5 Å². The van der Waals surface area contributed by atoms with Gasteiger partial charge in [0.05, 0.1) is 18.2 Å². The van der Waals surface area contributed by atoms with E-state index in [-0.39, 0.29) is 12.0 Å². The number of aliphatic hydroxyl groups excluding tert-OH is 1. The third kappa shape index (κ3) is 4.43. The van der Waals surface area contributed by atoms with Crippen LogP contribution in [0.4, 0.5) is 0 Å². The molecule has 0 radical (unpaired) electrons. The molecule has 0 bridgehead atoms. The molecule has 1 atom stereocenters. The Morgan fingerprint density at radius 1 is 1.38 bits per heavy atom. The van der Waals surface area contributed by atoms with Crippen LogP contribution >= 0.6 is 0 Å². The predicted octanol–water partition coefficient (Wildman–Crippen LogP) is 1.64. The number of amides is 1. The first kappa shape index (κ1) is 15.3. The van der Waals surface area contributed by atoms with Gasteiger partial charge in [0, 0.05) is 26.0 Å². The monoisotopic (exact) mass is 287 g/mol. The molecule has 0 aliphatic heterocycles. The molecule has 0 fully saturated rings. The Hall–Kier alpha value is -2.14. The molecule has 2 aromatic rings. The number of hydrogen-bond acceptors (Lipinski definition) is 3. The summed E-state index contributed by atoms with van der Waals surface area (Å²) in [6, 6.07) is 9.65. The van der Waals surface area contributed by atoms with Crippen LogP contribution in [0.25, 0.3) is 5.69 Å². The van der Waals surface area contributed by atoms with Crippen LogP contribution in [0, 0.1) is 0 Å². The van der Waals surface area contributed by atoms with Gasteiger partial charge in [-0.15, -0.1) is 0 Å². The number of benzene rings is 1. The Morgan fingerprint density at radius 3 is 2.67 bits per heavy atom. The minimum absolute atomic E-state index is 0.0579. The molecular formula is C16H21N3O2. The summed E-state index contributed by atoms with van der Waals surface area (Å²) in [7, 11) is 1.77. The summed E-state index contributed by atoms with van der Waals surface area (Å²) in [5.74, 6) is 0.0579. The van der Waals surface area contributed by atoms with E-state index in [0.29, 0.717) is 19.4 Å². The summed E-state index contributed by atoms with van der Waals surface area (Å²) in [5, 5.41) is 13.4. The van der Waals surface area contributed by atoms with E-state index in [1.54, 1.807) is 29.7 Å². The number of likely N-dealkylation sites (N-methyl/N-ethyl adjacent to an activating group) is 1. The molecule has 1 aromatic carbocycles. The summed E-state index contributed by atoms with van der Waals surface area (Å²) < 4.78 is 1.78. The number of aliphatic hydroxyl groups is 1. The quantitative estimate of drug-likeness (QED) is 0.879. The Labute approximate surface area is 124 Å². The largest absolute Gasteiger partial charge is 0.393 e. The van der Waals surface area contributed by atoms with E-state index in [1.165, 1.54) is 0 Å². The Kier molecular flexibility index (Phi) is 5.11. The highest BCUT2D eigenvalue weighted by Gasteiger charge is 2.10. The summed E-state index contributed by atoms with van der Waals surface area (Å²) in [6.07, 6.45) is 4.20. The van der Waals surface area contributed by atoms with Gasteiger partial charge in [-0.05, 0) is 37.1 Å². The highest BCUT2D eigenvalue weighted by molar-refractivity contribution is 5.78. The molecule has 5 heteroatoms. The van der Waals surface area contributed by atoms with Gasteiger partial charge in [0.1, 0.15) is 0 Å². The molecule has 0 aliphatic rings. The van der Waals surface area contributed by atoms with Crippen LogP contribution in [0.3, 0.4) is 0 Å². The van der Waals surface area contributed by atoms with Crippen molar-refractivity contribution in [1.29, 1.82) is 0 Å². The second kappa shape index (κ2) is 7.04. The summed E-state index contributed by atoms with van der Waals surface area (Å²) in [5.41, 5.74) is 1.94. The lowest BCUT2D eigenvalue weighted by atomic mass is 10.1. The van der Waals surface area contributed by atoms with Crippen molar-refractivity contribution < 1.29 is 9.90 Å². The standard InChI is InChI=1S/C16H21N3O2/c1-13(20)8-11-18(2)16(21)12-14-4-6-15(7-5-14)19-10-3-9-17-19/h3-7,9-10,13,20H,8,11-12H2,1-2H3. The van der Waals surface area contributed by atoms with Gasteiger partial charge >= 0.3 is 0 Å². The molecule has 1 unspecified atom stereocenters. The maximum atomic E-state index is 12.1. The third-order valence-electron chi connectivity index (χ3n) is 3.37. The smallest absolute Gasteiger partial charge is 0.226 e. The zero-order valence-electron chi connectivity index (χ0n) is 12.4. The van der Waals surface area contributed by atoms with E-state index in [0.717, 1.165) is 11.3 Å². The molecule has 1 aromatic heterocycles. The second-order valence-electron chi connectivity index (χ2n) is 5.25. The predicted molar refractivity (Wildman–Crippen MR) is 81.2 cm³/mol. The highest BCUT2D eigenvalue weighted by atomic mass is 16.3. The summed E-state index contributed by atoms with van der Waals surface area (Å²) >= 11 is 0. The van der Waals surface area contributed by atoms with Gasteiger partial charge in [0.15, 0.2) is 0 Å². The molecule has 21 heavy (non-hydrogen) atoms. The first-order valence-corrected chi connectivity index (χ1v) is 7.07. The van der Waals surface area contributed by atoms with E-state index >= 15 is 0 Å². The van der Waals surface area contributed by atoms with Gasteiger partial charge in [-0.1, -0.05) is 12.1 Å². The van der Waals surface area contributed by atoms with Crippen molar-refractivity contribution in [2.45, 2.75) is 25.9 Å². The molecule has 1 heterocycles. The van der Waals surface area contributed by atoms with Gasteiger partial charge in [0.25, 0.3) is 0 Å². The molecule has 0 aliphatic carbocycles. The maximum Gasteiger partial charge on any atom is 0.226 e. The van der Waals surface area contributed by atoms with Crippen LogP contribution in [0.15, 0.2) is 42.7 Å². The van der Waals surface area contributed by atoms with Crippen molar-refractivity contribution >= 4 is 5.91 Å². The normalized spacial score (nSPS) is 12.1. The topological polar surface area (TPSA) is 58.4 Å². The van der Waals surface area contributed by atoms with Crippen LogP contribution in [0.2, 0.25) is 0 Å². The lowest BCUT2D eigenvalue weighted by Crippen LogP contribution is -2.30. The molecule has 5 nitrogen and oxygen atoms in total. The molecule has 112 valence electrons. The van der Waals surface area contributed by atoms with Gasteiger partial charge < -0.3 is 10.0 Å². The fraction of sp³-hybridized carbons (Fsp3) is 0.375. The Balaban J connectivity index is 1.92. The van der Waals surface area contributed by atoms with Gasteiger partial charge in [0.2, 0.25) is 5.91 Å². The number of nitrogens with zero attached hydrogens (tertiary/aromatic N) is 3. The third-order valence-corrected chi connectivity index (χ3v) is 3.37. The minimum Gasteiger partial charge on any atom is -0.393 e. The fourth-order valence-corrected chi connectivity index (χ4v) is 2.00. The number of carbonyl (C=O) groups excluding carboxylic acids is 1. The molecule has 0 spiro atoms. The zero-order valence-corrected chi connectivity index (χ0v) is 12.4. The van der Waals surface area contributed by atoms with Crippen molar-refractivity contribution in [3.8, 4) is 5.69 Å².